The van der Waals surface area contributed by atoms with E-state index in [1.54, 1.807) is 24.5 Å². The van der Waals surface area contributed by atoms with Gasteiger partial charge in [0.2, 0.25) is 5.91 Å². The molecule has 110 valence electrons. The van der Waals surface area contributed by atoms with Crippen LogP contribution in [-0.2, 0) is 11.2 Å². The van der Waals surface area contributed by atoms with E-state index in [1.807, 2.05) is 24.3 Å². The lowest BCUT2D eigenvalue weighted by atomic mass is 10.1. The summed E-state index contributed by atoms with van der Waals surface area (Å²) in [7, 11) is 0. The van der Waals surface area contributed by atoms with Crippen LogP contribution in [0.5, 0.6) is 0 Å². The van der Waals surface area contributed by atoms with Crippen molar-refractivity contribution in [1.82, 2.24) is 4.98 Å². The molecule has 0 aliphatic carbocycles. The molecule has 0 aliphatic heterocycles. The molecule has 0 unspecified atom stereocenters. The van der Waals surface area contributed by atoms with E-state index in [1.165, 1.54) is 12.1 Å². The van der Waals surface area contributed by atoms with Gasteiger partial charge in [0.05, 0.1) is 0 Å². The van der Waals surface area contributed by atoms with E-state index < -0.39 is 0 Å². The van der Waals surface area contributed by atoms with Gasteiger partial charge in [-0.1, -0.05) is 18.2 Å². The number of amides is 1. The van der Waals surface area contributed by atoms with Crippen LogP contribution in [0.25, 0.3) is 10.8 Å². The number of hydrogen-bond acceptors (Lipinski definition) is 2. The number of fused-ring (bicyclic) bond motifs is 1. The SMILES string of the molecule is O=C(CCc1ccc(F)cc1)Nc1ccc2cnccc2c1. The molecule has 0 spiro atoms. The summed E-state index contributed by atoms with van der Waals surface area (Å²) in [6.07, 6.45) is 4.46. The third kappa shape index (κ3) is 3.47. The van der Waals surface area contributed by atoms with Crippen LogP contribution in [0.2, 0.25) is 0 Å². The summed E-state index contributed by atoms with van der Waals surface area (Å²) in [6.45, 7) is 0. The molecule has 0 aliphatic rings. The Bertz CT molecular complexity index is 800. The van der Waals surface area contributed by atoms with Gasteiger partial charge in [0.25, 0.3) is 0 Å². The molecule has 2 aromatic carbocycles. The van der Waals surface area contributed by atoms with Gasteiger partial charge in [0.1, 0.15) is 5.82 Å². The van der Waals surface area contributed by atoms with Crippen LogP contribution in [0.1, 0.15) is 12.0 Å². The summed E-state index contributed by atoms with van der Waals surface area (Å²) in [6, 6.07) is 13.8. The standard InChI is InChI=1S/C18H15FN2O/c19-16-5-1-13(2-6-16)3-8-18(22)21-17-7-4-15-12-20-10-9-14(15)11-17/h1-2,4-7,9-12H,3,8H2,(H,21,22). The van der Waals surface area contributed by atoms with E-state index in [9.17, 15) is 9.18 Å². The highest BCUT2D eigenvalue weighted by atomic mass is 19.1. The van der Waals surface area contributed by atoms with Crippen LogP contribution in [0.3, 0.4) is 0 Å². The lowest BCUT2D eigenvalue weighted by Gasteiger charge is -2.06. The summed E-state index contributed by atoms with van der Waals surface area (Å²) in [5, 5.41) is 4.95. The van der Waals surface area contributed by atoms with Crippen LogP contribution in [0.4, 0.5) is 10.1 Å². The van der Waals surface area contributed by atoms with Gasteiger partial charge in [-0.25, -0.2) is 4.39 Å². The van der Waals surface area contributed by atoms with Gasteiger partial charge in [-0.3, -0.25) is 9.78 Å². The van der Waals surface area contributed by atoms with Crippen molar-refractivity contribution >= 4 is 22.4 Å². The van der Waals surface area contributed by atoms with Gasteiger partial charge < -0.3 is 5.32 Å². The van der Waals surface area contributed by atoms with E-state index in [4.69, 9.17) is 0 Å². The quantitative estimate of drug-likeness (QED) is 0.791. The van der Waals surface area contributed by atoms with Crippen molar-refractivity contribution in [3.05, 3.63) is 72.3 Å². The van der Waals surface area contributed by atoms with Crippen molar-refractivity contribution in [3.8, 4) is 0 Å². The number of hydrogen-bond donors (Lipinski definition) is 1. The van der Waals surface area contributed by atoms with Crippen molar-refractivity contribution in [2.24, 2.45) is 0 Å². The number of aromatic nitrogens is 1. The number of nitrogens with zero attached hydrogens (tertiary/aromatic N) is 1. The van der Waals surface area contributed by atoms with Crippen molar-refractivity contribution < 1.29 is 9.18 Å². The second-order valence-corrected chi connectivity index (χ2v) is 5.11. The number of benzene rings is 2. The average Bonchev–Trinajstić information content (AvgIpc) is 2.54. The topological polar surface area (TPSA) is 42.0 Å². The van der Waals surface area contributed by atoms with E-state index in [0.29, 0.717) is 12.8 Å². The van der Waals surface area contributed by atoms with Crippen LogP contribution < -0.4 is 5.32 Å². The number of rotatable bonds is 4. The first-order valence-corrected chi connectivity index (χ1v) is 7.09. The summed E-state index contributed by atoms with van der Waals surface area (Å²) in [5.41, 5.74) is 1.71. The van der Waals surface area contributed by atoms with E-state index in [0.717, 1.165) is 22.0 Å². The van der Waals surface area contributed by atoms with Crippen molar-refractivity contribution in [3.63, 3.8) is 0 Å². The number of aryl methyl sites for hydroxylation is 1. The number of carbonyl (C=O) groups is 1. The molecule has 0 fully saturated rings. The number of anilines is 1. The molecular formula is C18H15FN2O. The van der Waals surface area contributed by atoms with Crippen LogP contribution >= 0.6 is 0 Å². The second-order valence-electron chi connectivity index (χ2n) is 5.11. The summed E-state index contributed by atoms with van der Waals surface area (Å²) in [4.78, 5) is 16.0. The molecule has 0 radical (unpaired) electrons. The Kier molecular flexibility index (Phi) is 4.10. The molecule has 0 bridgehead atoms. The number of carbonyl (C=O) groups excluding carboxylic acids is 1. The third-order valence-electron chi connectivity index (χ3n) is 3.48. The van der Waals surface area contributed by atoms with E-state index >= 15 is 0 Å². The first-order valence-electron chi connectivity index (χ1n) is 7.09. The number of nitrogens with one attached hydrogen (secondary N) is 1. The predicted molar refractivity (Wildman–Crippen MR) is 85.1 cm³/mol. The Morgan fingerprint density at radius 1 is 1.05 bits per heavy atom. The molecule has 1 heterocycles. The Morgan fingerprint density at radius 3 is 2.68 bits per heavy atom. The van der Waals surface area contributed by atoms with E-state index in [-0.39, 0.29) is 11.7 Å². The zero-order valence-corrected chi connectivity index (χ0v) is 11.9. The maximum Gasteiger partial charge on any atom is 0.224 e. The van der Waals surface area contributed by atoms with Gasteiger partial charge >= 0.3 is 0 Å². The smallest absolute Gasteiger partial charge is 0.224 e. The molecule has 0 saturated carbocycles. The molecule has 22 heavy (non-hydrogen) atoms. The van der Waals surface area contributed by atoms with Crippen molar-refractivity contribution in [2.75, 3.05) is 5.32 Å². The fourth-order valence-corrected chi connectivity index (χ4v) is 2.29. The lowest BCUT2D eigenvalue weighted by Crippen LogP contribution is -2.12. The molecule has 3 nitrogen and oxygen atoms in total. The third-order valence-corrected chi connectivity index (χ3v) is 3.48. The minimum absolute atomic E-state index is 0.0577. The molecule has 1 amide bonds. The summed E-state index contributed by atoms with van der Waals surface area (Å²) in [5.74, 6) is -0.323. The minimum Gasteiger partial charge on any atom is -0.326 e. The van der Waals surface area contributed by atoms with Gasteiger partial charge in [-0.05, 0) is 47.7 Å². The molecule has 3 aromatic rings. The molecule has 4 heteroatoms. The zero-order chi connectivity index (χ0) is 15.4. The van der Waals surface area contributed by atoms with Gasteiger partial charge in [-0.15, -0.1) is 0 Å². The normalized spacial score (nSPS) is 10.6. The highest BCUT2D eigenvalue weighted by Crippen LogP contribution is 2.18. The van der Waals surface area contributed by atoms with Crippen LogP contribution in [-0.4, -0.2) is 10.9 Å². The molecule has 0 atom stereocenters. The highest BCUT2D eigenvalue weighted by Gasteiger charge is 2.04. The predicted octanol–water partition coefficient (Wildman–Crippen LogP) is 3.95. The fourth-order valence-electron chi connectivity index (χ4n) is 2.29. The first-order chi connectivity index (χ1) is 10.7. The fraction of sp³-hybridized carbons (Fsp3) is 0.111. The monoisotopic (exact) mass is 294 g/mol. The van der Waals surface area contributed by atoms with Crippen LogP contribution in [0.15, 0.2) is 60.9 Å². The Labute approximate surface area is 127 Å². The maximum atomic E-state index is 12.8. The molecular weight excluding hydrogens is 279 g/mol. The first kappa shape index (κ1) is 14.2. The maximum absolute atomic E-state index is 12.8. The Morgan fingerprint density at radius 2 is 1.86 bits per heavy atom. The van der Waals surface area contributed by atoms with Crippen molar-refractivity contribution in [2.45, 2.75) is 12.8 Å². The summed E-state index contributed by atoms with van der Waals surface area (Å²) >= 11 is 0. The van der Waals surface area contributed by atoms with Gasteiger partial charge in [-0.2, -0.15) is 0 Å². The average molecular weight is 294 g/mol. The van der Waals surface area contributed by atoms with Gasteiger partial charge in [0, 0.05) is 29.9 Å². The van der Waals surface area contributed by atoms with Crippen molar-refractivity contribution in [1.29, 1.82) is 0 Å². The largest absolute Gasteiger partial charge is 0.326 e. The van der Waals surface area contributed by atoms with Crippen LogP contribution in [0, 0.1) is 5.82 Å². The summed E-state index contributed by atoms with van der Waals surface area (Å²) < 4.78 is 12.8. The molecule has 1 aromatic heterocycles. The lowest BCUT2D eigenvalue weighted by molar-refractivity contribution is -0.116. The van der Waals surface area contributed by atoms with E-state index in [2.05, 4.69) is 10.3 Å². The van der Waals surface area contributed by atoms with Gasteiger partial charge in [0.15, 0.2) is 0 Å². The number of halogens is 1. The number of pyridine rings is 1. The molecule has 0 saturated heterocycles. The highest BCUT2D eigenvalue weighted by molar-refractivity contribution is 5.94. The minimum atomic E-state index is -0.265. The Balaban J connectivity index is 1.61. The zero-order valence-electron chi connectivity index (χ0n) is 11.9. The second kappa shape index (κ2) is 6.35. The Hall–Kier alpha value is -2.75. The molecule has 3 rings (SSSR count). The molecule has 1 N–H and O–H groups in total.